The van der Waals surface area contributed by atoms with E-state index in [1.54, 1.807) is 18.5 Å². The summed E-state index contributed by atoms with van der Waals surface area (Å²) in [5, 5.41) is 9.41. The van der Waals surface area contributed by atoms with E-state index >= 15 is 0 Å². The predicted octanol–water partition coefficient (Wildman–Crippen LogP) is 1.99. The summed E-state index contributed by atoms with van der Waals surface area (Å²) < 4.78 is 5.08. The second-order valence-corrected chi connectivity index (χ2v) is 3.72. The fraction of sp³-hybridized carbons (Fsp3) is 0.111. The van der Waals surface area contributed by atoms with Gasteiger partial charge in [-0.15, -0.1) is 0 Å². The van der Waals surface area contributed by atoms with E-state index in [2.05, 4.69) is 9.97 Å². The van der Waals surface area contributed by atoms with Crippen LogP contribution >= 0.6 is 11.8 Å². The van der Waals surface area contributed by atoms with Gasteiger partial charge in [0, 0.05) is 12.4 Å². The van der Waals surface area contributed by atoms with E-state index in [0.29, 0.717) is 11.5 Å². The first kappa shape index (κ1) is 9.85. The molecule has 0 amide bonds. The Labute approximate surface area is 89.5 Å². The van der Waals surface area contributed by atoms with Gasteiger partial charge in [0.15, 0.2) is 5.16 Å². The molecule has 0 spiro atoms. The Kier molecular flexibility index (Phi) is 2.77. The summed E-state index contributed by atoms with van der Waals surface area (Å²) in [6.45, 7) is 0. The molecule has 5 nitrogen and oxygen atoms in total. The number of hydrogen-bond acceptors (Lipinski definition) is 4. The third-order valence-corrected chi connectivity index (χ3v) is 2.62. The molecule has 0 atom stereocenters. The summed E-state index contributed by atoms with van der Waals surface area (Å²) in [6, 6.07) is 3.10. The summed E-state index contributed by atoms with van der Waals surface area (Å²) in [4.78, 5) is 17.5. The van der Waals surface area contributed by atoms with E-state index < -0.39 is 5.97 Å². The number of imidazole rings is 1. The number of carbonyl (C=O) groups is 1. The minimum absolute atomic E-state index is 0.0370. The zero-order valence-electron chi connectivity index (χ0n) is 7.64. The predicted molar refractivity (Wildman–Crippen MR) is 53.8 cm³/mol. The number of thioether (sulfide) groups is 1. The van der Waals surface area contributed by atoms with Crippen LogP contribution in [0.3, 0.4) is 0 Å². The van der Waals surface area contributed by atoms with Gasteiger partial charge in [-0.3, -0.25) is 0 Å². The van der Waals surface area contributed by atoms with E-state index in [1.807, 2.05) is 0 Å². The van der Waals surface area contributed by atoms with Crippen molar-refractivity contribution in [1.82, 2.24) is 9.97 Å². The first-order valence-corrected chi connectivity index (χ1v) is 5.18. The Morgan fingerprint density at radius 2 is 2.47 bits per heavy atom. The van der Waals surface area contributed by atoms with Gasteiger partial charge in [-0.1, -0.05) is 11.8 Å². The normalized spacial score (nSPS) is 10.4. The SMILES string of the molecule is O=C(O)c1ccc(CSc2ncc[nH]2)o1. The molecule has 0 aliphatic heterocycles. The van der Waals surface area contributed by atoms with E-state index in [9.17, 15) is 4.79 Å². The third-order valence-electron chi connectivity index (χ3n) is 1.70. The maximum Gasteiger partial charge on any atom is 0.371 e. The summed E-state index contributed by atoms with van der Waals surface area (Å²) in [5.41, 5.74) is 0. The minimum Gasteiger partial charge on any atom is -0.475 e. The molecule has 78 valence electrons. The fourth-order valence-electron chi connectivity index (χ4n) is 1.04. The molecule has 0 aliphatic rings. The quantitative estimate of drug-likeness (QED) is 0.776. The fourth-order valence-corrected chi connectivity index (χ4v) is 1.76. The molecule has 2 aromatic heterocycles. The smallest absolute Gasteiger partial charge is 0.371 e. The van der Waals surface area contributed by atoms with Crippen LogP contribution in [0.2, 0.25) is 0 Å². The molecule has 2 heterocycles. The van der Waals surface area contributed by atoms with Gasteiger partial charge in [-0.25, -0.2) is 9.78 Å². The highest BCUT2D eigenvalue weighted by Gasteiger charge is 2.09. The first-order valence-electron chi connectivity index (χ1n) is 4.20. The van der Waals surface area contributed by atoms with Crippen LogP contribution in [-0.2, 0) is 5.75 Å². The van der Waals surface area contributed by atoms with Crippen LogP contribution in [-0.4, -0.2) is 21.0 Å². The van der Waals surface area contributed by atoms with Gasteiger partial charge in [0.25, 0.3) is 0 Å². The molecular weight excluding hydrogens is 216 g/mol. The van der Waals surface area contributed by atoms with Crippen molar-refractivity contribution >= 4 is 17.7 Å². The summed E-state index contributed by atoms with van der Waals surface area (Å²) >= 11 is 1.45. The van der Waals surface area contributed by atoms with Crippen LogP contribution < -0.4 is 0 Å². The van der Waals surface area contributed by atoms with E-state index in [4.69, 9.17) is 9.52 Å². The molecule has 0 unspecified atom stereocenters. The maximum absolute atomic E-state index is 10.5. The van der Waals surface area contributed by atoms with Crippen molar-refractivity contribution in [3.8, 4) is 0 Å². The van der Waals surface area contributed by atoms with Gasteiger partial charge in [-0.05, 0) is 12.1 Å². The second kappa shape index (κ2) is 4.22. The van der Waals surface area contributed by atoms with E-state index in [-0.39, 0.29) is 5.76 Å². The van der Waals surface area contributed by atoms with Crippen LogP contribution in [0.25, 0.3) is 0 Å². The Hall–Kier alpha value is -1.69. The van der Waals surface area contributed by atoms with Crippen LogP contribution in [0.5, 0.6) is 0 Å². The van der Waals surface area contributed by atoms with Gasteiger partial charge in [-0.2, -0.15) is 0 Å². The van der Waals surface area contributed by atoms with Crippen molar-refractivity contribution in [2.75, 3.05) is 0 Å². The zero-order valence-corrected chi connectivity index (χ0v) is 8.45. The molecule has 2 N–H and O–H groups in total. The van der Waals surface area contributed by atoms with Gasteiger partial charge >= 0.3 is 5.97 Å². The molecule has 0 fully saturated rings. The molecule has 0 saturated carbocycles. The van der Waals surface area contributed by atoms with Crippen LogP contribution in [0.1, 0.15) is 16.3 Å². The topological polar surface area (TPSA) is 79.1 Å². The molecule has 0 saturated heterocycles. The molecule has 15 heavy (non-hydrogen) atoms. The van der Waals surface area contributed by atoms with Crippen molar-refractivity contribution < 1.29 is 14.3 Å². The summed E-state index contributed by atoms with van der Waals surface area (Å²) in [7, 11) is 0. The molecule has 0 radical (unpaired) electrons. The van der Waals surface area contributed by atoms with Crippen LogP contribution in [0, 0.1) is 0 Å². The van der Waals surface area contributed by atoms with Crippen LogP contribution in [0.4, 0.5) is 0 Å². The lowest BCUT2D eigenvalue weighted by molar-refractivity contribution is 0.0661. The molecular formula is C9H8N2O3S. The van der Waals surface area contributed by atoms with E-state index in [0.717, 1.165) is 5.16 Å². The van der Waals surface area contributed by atoms with Gasteiger partial charge in [0.05, 0.1) is 5.75 Å². The highest BCUT2D eigenvalue weighted by molar-refractivity contribution is 7.98. The second-order valence-electron chi connectivity index (χ2n) is 2.75. The third kappa shape index (κ3) is 2.41. The van der Waals surface area contributed by atoms with Gasteiger partial charge in [0.1, 0.15) is 5.76 Å². The standard InChI is InChI=1S/C9H8N2O3S/c12-8(13)7-2-1-6(14-7)5-15-9-10-3-4-11-9/h1-4H,5H2,(H,10,11)(H,12,13). The zero-order chi connectivity index (χ0) is 10.7. The first-order chi connectivity index (χ1) is 7.25. The minimum atomic E-state index is -1.05. The number of nitrogens with zero attached hydrogens (tertiary/aromatic N) is 1. The van der Waals surface area contributed by atoms with Crippen molar-refractivity contribution in [3.05, 3.63) is 36.0 Å². The molecule has 0 aromatic carbocycles. The lowest BCUT2D eigenvalue weighted by Crippen LogP contribution is -1.91. The van der Waals surface area contributed by atoms with E-state index in [1.165, 1.54) is 17.8 Å². The van der Waals surface area contributed by atoms with Crippen molar-refractivity contribution in [2.24, 2.45) is 0 Å². The molecule has 0 bridgehead atoms. The number of carboxylic acids is 1. The summed E-state index contributed by atoms with van der Waals surface area (Å²) in [6.07, 6.45) is 3.39. The van der Waals surface area contributed by atoms with Gasteiger partial charge < -0.3 is 14.5 Å². The van der Waals surface area contributed by atoms with Gasteiger partial charge in [0.2, 0.25) is 5.76 Å². The van der Waals surface area contributed by atoms with Crippen LogP contribution in [0.15, 0.2) is 34.1 Å². The number of aromatic amines is 1. The number of carboxylic acid groups (broad SMARTS) is 1. The highest BCUT2D eigenvalue weighted by atomic mass is 32.2. The Morgan fingerprint density at radius 3 is 3.07 bits per heavy atom. The number of rotatable bonds is 4. The number of H-pyrrole nitrogens is 1. The molecule has 2 rings (SSSR count). The Morgan fingerprint density at radius 1 is 1.60 bits per heavy atom. The lowest BCUT2D eigenvalue weighted by Gasteiger charge is -1.93. The van der Waals surface area contributed by atoms with Crippen molar-refractivity contribution in [1.29, 1.82) is 0 Å². The molecule has 6 heteroatoms. The van der Waals surface area contributed by atoms with Crippen molar-refractivity contribution in [3.63, 3.8) is 0 Å². The Bertz CT molecular complexity index is 450. The van der Waals surface area contributed by atoms with Crippen molar-refractivity contribution in [2.45, 2.75) is 10.9 Å². The molecule has 0 aliphatic carbocycles. The number of aromatic carboxylic acids is 1. The number of nitrogens with one attached hydrogen (secondary N) is 1. The number of hydrogen-bond donors (Lipinski definition) is 2. The highest BCUT2D eigenvalue weighted by Crippen LogP contribution is 2.20. The number of aromatic nitrogens is 2. The largest absolute Gasteiger partial charge is 0.475 e. The average molecular weight is 224 g/mol. The maximum atomic E-state index is 10.5. The summed E-state index contributed by atoms with van der Waals surface area (Å²) in [5.74, 6) is 0.0870. The monoisotopic (exact) mass is 224 g/mol. The number of furan rings is 1. The molecule has 2 aromatic rings. The Balaban J connectivity index is 1.96. The lowest BCUT2D eigenvalue weighted by atomic mass is 10.4. The average Bonchev–Trinajstić information content (AvgIpc) is 2.86.